The van der Waals surface area contributed by atoms with E-state index in [4.69, 9.17) is 14.1 Å². The summed E-state index contributed by atoms with van der Waals surface area (Å²) in [5, 5.41) is 6.71. The Morgan fingerprint density at radius 3 is 2.26 bits per heavy atom. The topological polar surface area (TPSA) is 46.7 Å². The highest BCUT2D eigenvalue weighted by molar-refractivity contribution is 6.11. The third-order valence-corrected chi connectivity index (χ3v) is 9.39. The molecule has 224 valence electrons. The molecule has 10 rings (SSSR count). The van der Waals surface area contributed by atoms with Crippen LogP contribution < -0.4 is 14.5 Å². The molecule has 0 saturated heterocycles. The van der Waals surface area contributed by atoms with Crippen LogP contribution in [-0.2, 0) is 0 Å². The van der Waals surface area contributed by atoms with Crippen LogP contribution in [0.15, 0.2) is 144 Å². The number of ether oxygens (including phenoxy) is 1. The Balaban J connectivity index is 1.07. The van der Waals surface area contributed by atoms with Crippen LogP contribution in [0.5, 0.6) is 11.5 Å². The van der Waals surface area contributed by atoms with E-state index in [1.54, 1.807) is 0 Å². The molecule has 0 atom stereocenters. The molecule has 9 aromatic rings. The number of furan rings is 1. The molecule has 4 heterocycles. The number of fused-ring (bicyclic) bond motifs is 8. The average molecular weight is 609 g/mol. The Labute approximate surface area is 270 Å². The van der Waals surface area contributed by atoms with Crippen molar-refractivity contribution in [1.82, 2.24) is 9.55 Å². The zero-order chi connectivity index (χ0) is 31.1. The quantitative estimate of drug-likeness (QED) is 0.199. The van der Waals surface area contributed by atoms with Crippen molar-refractivity contribution in [3.63, 3.8) is 0 Å². The molecule has 0 radical (unpaired) electrons. The minimum Gasteiger partial charge on any atom is -0.457 e. The van der Waals surface area contributed by atoms with Gasteiger partial charge in [-0.3, -0.25) is 4.57 Å². The lowest BCUT2D eigenvalue weighted by Gasteiger charge is -2.20. The van der Waals surface area contributed by atoms with Crippen LogP contribution in [0.3, 0.4) is 0 Å². The minimum atomic E-state index is 0.758. The molecule has 0 amide bonds. The van der Waals surface area contributed by atoms with E-state index < -0.39 is 0 Å². The molecule has 0 N–H and O–H groups in total. The van der Waals surface area contributed by atoms with E-state index >= 15 is 0 Å². The molecule has 0 saturated carbocycles. The summed E-state index contributed by atoms with van der Waals surface area (Å²) in [7, 11) is 2.12. The normalized spacial score (nSPS) is 13.0. The maximum Gasteiger partial charge on any atom is 0.141 e. The van der Waals surface area contributed by atoms with Gasteiger partial charge < -0.3 is 19.0 Å². The predicted molar refractivity (Wildman–Crippen MR) is 192 cm³/mol. The van der Waals surface area contributed by atoms with Gasteiger partial charge in [-0.25, -0.2) is 4.98 Å². The zero-order valence-electron chi connectivity index (χ0n) is 25.6. The molecule has 1 aliphatic rings. The van der Waals surface area contributed by atoms with Gasteiger partial charge in [-0.2, -0.15) is 0 Å². The Morgan fingerprint density at radius 2 is 1.34 bits per heavy atom. The van der Waals surface area contributed by atoms with Crippen molar-refractivity contribution in [3.05, 3.63) is 140 Å². The second-order valence-electron chi connectivity index (χ2n) is 12.2. The lowest BCUT2D eigenvalue weighted by atomic mass is 10.1. The Morgan fingerprint density at radius 1 is 0.596 bits per heavy atom. The number of hydrogen-bond donors (Lipinski definition) is 0. The van der Waals surface area contributed by atoms with Crippen molar-refractivity contribution in [2.45, 2.75) is 0 Å². The minimum absolute atomic E-state index is 0.758. The molecular formula is C41H28N4O2. The Kier molecular flexibility index (Phi) is 5.46. The average Bonchev–Trinajstić information content (AvgIpc) is 3.75. The van der Waals surface area contributed by atoms with Gasteiger partial charge in [0.2, 0.25) is 0 Å². The van der Waals surface area contributed by atoms with Crippen molar-refractivity contribution in [2.24, 2.45) is 0 Å². The van der Waals surface area contributed by atoms with Gasteiger partial charge in [0.1, 0.15) is 28.5 Å². The van der Waals surface area contributed by atoms with Gasteiger partial charge in [-0.15, -0.1) is 0 Å². The Hall–Kier alpha value is -6.27. The van der Waals surface area contributed by atoms with Crippen LogP contribution in [-0.4, -0.2) is 23.3 Å². The highest BCUT2D eigenvalue weighted by Gasteiger charge is 2.24. The molecule has 6 aromatic carbocycles. The van der Waals surface area contributed by atoms with Crippen LogP contribution in [0.1, 0.15) is 0 Å². The zero-order valence-corrected chi connectivity index (χ0v) is 25.6. The van der Waals surface area contributed by atoms with Gasteiger partial charge >= 0.3 is 0 Å². The fraction of sp³-hybridized carbons (Fsp3) is 0.0488. The highest BCUT2D eigenvalue weighted by atomic mass is 16.5. The monoisotopic (exact) mass is 608 g/mol. The smallest absolute Gasteiger partial charge is 0.141 e. The van der Waals surface area contributed by atoms with Crippen LogP contribution in [0, 0.1) is 0 Å². The van der Waals surface area contributed by atoms with Gasteiger partial charge in [0.05, 0.1) is 29.1 Å². The molecule has 6 heteroatoms. The third kappa shape index (κ3) is 4.01. The predicted octanol–water partition coefficient (Wildman–Crippen LogP) is 10.6. The van der Waals surface area contributed by atoms with Crippen LogP contribution in [0.25, 0.3) is 60.3 Å². The number of pyridine rings is 1. The SMILES string of the molecule is CN1CN(c2cccc(Oc3ccc4c5ccccc5n(-c5cc6oc7cc8ccccc8cc7c6cn5)c4c3)c2)c2ccccc21. The summed E-state index contributed by atoms with van der Waals surface area (Å²) in [6, 6.07) is 46.3. The van der Waals surface area contributed by atoms with Crippen molar-refractivity contribution >= 4 is 71.6 Å². The largest absolute Gasteiger partial charge is 0.457 e. The Bertz CT molecular complexity index is 2690. The molecule has 47 heavy (non-hydrogen) atoms. The summed E-state index contributed by atoms with van der Waals surface area (Å²) in [6.07, 6.45) is 1.94. The van der Waals surface area contributed by atoms with Gasteiger partial charge in [-0.05, 0) is 65.4 Å². The molecule has 6 nitrogen and oxygen atoms in total. The molecule has 0 unspecified atom stereocenters. The summed E-state index contributed by atoms with van der Waals surface area (Å²) in [4.78, 5) is 9.57. The van der Waals surface area contributed by atoms with Crippen molar-refractivity contribution in [2.75, 3.05) is 23.5 Å². The molecule has 0 fully saturated rings. The van der Waals surface area contributed by atoms with Gasteiger partial charge in [0.15, 0.2) is 0 Å². The molecule has 0 spiro atoms. The fourth-order valence-corrected chi connectivity index (χ4v) is 7.18. The standard InChI is InChI=1S/C41H28N4O2/c1-43-25-44(37-16-7-6-15-36(37)43)28-11-8-12-29(21-28)46-30-17-18-32-31-13-4-5-14-35(31)45(38(32)22-30)41-23-40-34(24-42-41)33-19-26-9-2-3-10-27(26)20-39(33)47-40/h2-24H,25H2,1H3. The molecule has 1 aliphatic heterocycles. The van der Waals surface area contributed by atoms with Crippen LogP contribution >= 0.6 is 0 Å². The first-order chi connectivity index (χ1) is 23.2. The summed E-state index contributed by atoms with van der Waals surface area (Å²) < 4.78 is 15.2. The van der Waals surface area contributed by atoms with E-state index in [2.05, 4.69) is 137 Å². The summed E-state index contributed by atoms with van der Waals surface area (Å²) >= 11 is 0. The van der Waals surface area contributed by atoms with Gasteiger partial charge in [-0.1, -0.05) is 60.7 Å². The first kappa shape index (κ1) is 26.0. The van der Waals surface area contributed by atoms with Crippen LogP contribution in [0.4, 0.5) is 17.1 Å². The second-order valence-corrected chi connectivity index (χ2v) is 12.2. The summed E-state index contributed by atoms with van der Waals surface area (Å²) in [5.74, 6) is 2.34. The number of hydrogen-bond acceptors (Lipinski definition) is 5. The van der Waals surface area contributed by atoms with E-state index in [1.165, 1.54) is 16.8 Å². The fourth-order valence-electron chi connectivity index (χ4n) is 7.18. The number of benzene rings is 6. The number of aromatic nitrogens is 2. The number of anilines is 3. The third-order valence-electron chi connectivity index (χ3n) is 9.39. The first-order valence-electron chi connectivity index (χ1n) is 15.8. The molecule has 0 aliphatic carbocycles. The van der Waals surface area contributed by atoms with Crippen LogP contribution in [0.2, 0.25) is 0 Å². The first-order valence-corrected chi connectivity index (χ1v) is 15.8. The van der Waals surface area contributed by atoms with Gasteiger partial charge in [0, 0.05) is 58.7 Å². The summed E-state index contributed by atoms with van der Waals surface area (Å²) in [6.45, 7) is 0.786. The summed E-state index contributed by atoms with van der Waals surface area (Å²) in [5.41, 5.74) is 7.27. The van der Waals surface area contributed by atoms with E-state index in [0.29, 0.717) is 0 Å². The van der Waals surface area contributed by atoms with Crippen molar-refractivity contribution in [3.8, 4) is 17.3 Å². The maximum atomic E-state index is 6.54. The number of para-hydroxylation sites is 3. The van der Waals surface area contributed by atoms with E-state index in [-0.39, 0.29) is 0 Å². The van der Waals surface area contributed by atoms with Crippen molar-refractivity contribution < 1.29 is 9.15 Å². The lowest BCUT2D eigenvalue weighted by molar-refractivity contribution is 0.483. The molecule has 0 bridgehead atoms. The van der Waals surface area contributed by atoms with E-state index in [0.717, 1.165) is 78.8 Å². The highest BCUT2D eigenvalue weighted by Crippen LogP contribution is 2.41. The van der Waals surface area contributed by atoms with Gasteiger partial charge in [0.25, 0.3) is 0 Å². The molecule has 3 aromatic heterocycles. The lowest BCUT2D eigenvalue weighted by Crippen LogP contribution is -2.23. The van der Waals surface area contributed by atoms with E-state index in [1.807, 2.05) is 24.4 Å². The maximum absolute atomic E-state index is 6.54. The van der Waals surface area contributed by atoms with Crippen molar-refractivity contribution in [1.29, 1.82) is 0 Å². The number of rotatable bonds is 4. The second kappa shape index (κ2) is 9.86. The number of nitrogens with zero attached hydrogens (tertiary/aromatic N) is 4. The molecular weight excluding hydrogens is 580 g/mol. The van der Waals surface area contributed by atoms with E-state index in [9.17, 15) is 0 Å².